The first-order valence-corrected chi connectivity index (χ1v) is 11.7. The van der Waals surface area contributed by atoms with Gasteiger partial charge in [-0.1, -0.05) is 26.0 Å². The number of pyridine rings is 1. The molecule has 0 bridgehead atoms. The van der Waals surface area contributed by atoms with Crippen LogP contribution in [0.3, 0.4) is 0 Å². The van der Waals surface area contributed by atoms with E-state index in [1.807, 2.05) is 24.3 Å². The molecule has 0 unspecified atom stereocenters. The van der Waals surface area contributed by atoms with E-state index in [-0.39, 0.29) is 12.5 Å². The van der Waals surface area contributed by atoms with Gasteiger partial charge in [-0.05, 0) is 67.2 Å². The summed E-state index contributed by atoms with van der Waals surface area (Å²) in [6.07, 6.45) is -3.64. The first-order valence-electron chi connectivity index (χ1n) is 11.7. The number of rotatable bonds is 9. The van der Waals surface area contributed by atoms with Crippen molar-refractivity contribution in [1.82, 2.24) is 14.9 Å². The van der Waals surface area contributed by atoms with Crippen molar-refractivity contribution in [2.24, 2.45) is 0 Å². The Bertz CT molecular complexity index is 1310. The molecule has 188 valence electrons. The maximum absolute atomic E-state index is 12.8. The summed E-state index contributed by atoms with van der Waals surface area (Å²) >= 11 is 0. The predicted molar refractivity (Wildman–Crippen MR) is 133 cm³/mol. The maximum Gasteiger partial charge on any atom is 0.417 e. The van der Waals surface area contributed by atoms with Crippen molar-refractivity contribution in [2.75, 3.05) is 18.4 Å². The molecule has 0 aliphatic rings. The number of halogens is 3. The highest BCUT2D eigenvalue weighted by atomic mass is 19.4. The number of hydrogen-bond acceptors (Lipinski definition) is 4. The molecule has 0 radical (unpaired) electrons. The van der Waals surface area contributed by atoms with Gasteiger partial charge in [-0.15, -0.1) is 0 Å². The van der Waals surface area contributed by atoms with Crippen molar-refractivity contribution in [3.05, 3.63) is 89.4 Å². The van der Waals surface area contributed by atoms with Crippen molar-refractivity contribution in [1.29, 1.82) is 0 Å². The SMILES string of the molecule is CCN(CC)Cc1ccc(NC(=O)c2cc3cc(OCc4ccc(C(F)(F)F)cn4)ccc3[nH]2)cc1. The van der Waals surface area contributed by atoms with Crippen molar-refractivity contribution in [3.63, 3.8) is 0 Å². The molecule has 0 spiro atoms. The summed E-state index contributed by atoms with van der Waals surface area (Å²) in [7, 11) is 0. The van der Waals surface area contributed by atoms with Crippen molar-refractivity contribution < 1.29 is 22.7 Å². The van der Waals surface area contributed by atoms with E-state index in [4.69, 9.17) is 4.74 Å². The molecule has 2 aromatic carbocycles. The highest BCUT2D eigenvalue weighted by molar-refractivity contribution is 6.06. The molecule has 0 aliphatic carbocycles. The number of nitrogens with zero attached hydrogens (tertiary/aromatic N) is 2. The van der Waals surface area contributed by atoms with E-state index in [1.54, 1.807) is 24.3 Å². The number of hydrogen-bond donors (Lipinski definition) is 2. The Kier molecular flexibility index (Phi) is 7.59. The Morgan fingerprint density at radius 1 is 1.03 bits per heavy atom. The first-order chi connectivity index (χ1) is 17.2. The molecule has 36 heavy (non-hydrogen) atoms. The fourth-order valence-electron chi connectivity index (χ4n) is 3.75. The Hall–Kier alpha value is -3.85. The van der Waals surface area contributed by atoms with E-state index >= 15 is 0 Å². The largest absolute Gasteiger partial charge is 0.487 e. The van der Waals surface area contributed by atoms with Crippen LogP contribution in [0.4, 0.5) is 18.9 Å². The number of anilines is 1. The monoisotopic (exact) mass is 496 g/mol. The maximum atomic E-state index is 12.8. The Labute approximate surface area is 207 Å². The second-order valence-electron chi connectivity index (χ2n) is 8.37. The molecular weight excluding hydrogens is 469 g/mol. The van der Waals surface area contributed by atoms with Crippen LogP contribution in [-0.2, 0) is 19.3 Å². The minimum atomic E-state index is -4.43. The van der Waals surface area contributed by atoms with E-state index in [2.05, 4.69) is 34.0 Å². The van der Waals surface area contributed by atoms with Crippen LogP contribution in [0, 0.1) is 0 Å². The van der Waals surface area contributed by atoms with E-state index in [0.29, 0.717) is 22.8 Å². The smallest absolute Gasteiger partial charge is 0.417 e. The lowest BCUT2D eigenvalue weighted by atomic mass is 10.2. The second-order valence-corrected chi connectivity index (χ2v) is 8.37. The molecule has 2 heterocycles. The third-order valence-corrected chi connectivity index (χ3v) is 5.89. The molecule has 0 aliphatic heterocycles. The van der Waals surface area contributed by atoms with Gasteiger partial charge in [0.25, 0.3) is 5.91 Å². The molecule has 2 aromatic heterocycles. The fourth-order valence-corrected chi connectivity index (χ4v) is 3.75. The number of amides is 1. The van der Waals surface area contributed by atoms with Gasteiger partial charge in [-0.25, -0.2) is 0 Å². The van der Waals surface area contributed by atoms with E-state index in [1.165, 1.54) is 11.6 Å². The highest BCUT2D eigenvalue weighted by Gasteiger charge is 2.30. The molecule has 9 heteroatoms. The molecule has 0 saturated carbocycles. The summed E-state index contributed by atoms with van der Waals surface area (Å²) < 4.78 is 43.7. The lowest BCUT2D eigenvalue weighted by Gasteiger charge is -2.18. The average Bonchev–Trinajstić information content (AvgIpc) is 3.30. The molecular formula is C27H27F3N4O2. The van der Waals surface area contributed by atoms with Crippen LogP contribution in [0.2, 0.25) is 0 Å². The zero-order valence-electron chi connectivity index (χ0n) is 20.0. The zero-order chi connectivity index (χ0) is 25.7. The number of ether oxygens (including phenoxy) is 1. The molecule has 0 atom stereocenters. The van der Waals surface area contributed by atoms with Crippen LogP contribution in [-0.4, -0.2) is 33.9 Å². The van der Waals surface area contributed by atoms with Gasteiger partial charge >= 0.3 is 6.18 Å². The van der Waals surface area contributed by atoms with Crippen LogP contribution in [0.25, 0.3) is 10.9 Å². The number of alkyl halides is 3. The average molecular weight is 497 g/mol. The number of aromatic nitrogens is 2. The Morgan fingerprint density at radius 3 is 2.42 bits per heavy atom. The zero-order valence-corrected chi connectivity index (χ0v) is 20.0. The first kappa shape index (κ1) is 25.2. The summed E-state index contributed by atoms with van der Waals surface area (Å²) in [6.45, 7) is 7.10. The number of fused-ring (bicyclic) bond motifs is 1. The lowest BCUT2D eigenvalue weighted by Crippen LogP contribution is -2.22. The van der Waals surface area contributed by atoms with Gasteiger partial charge in [-0.3, -0.25) is 14.7 Å². The van der Waals surface area contributed by atoms with Crippen LogP contribution < -0.4 is 10.1 Å². The van der Waals surface area contributed by atoms with Gasteiger partial charge in [0.2, 0.25) is 0 Å². The van der Waals surface area contributed by atoms with Crippen LogP contribution >= 0.6 is 0 Å². The standard InChI is InChI=1S/C27H27F3N4O2/c1-3-34(4-2)16-18-5-8-21(9-6-18)32-26(35)25-14-19-13-23(11-12-24(19)33-25)36-17-22-10-7-20(15-31-22)27(28,29)30/h5-15,33H,3-4,16-17H2,1-2H3,(H,32,35). The molecule has 1 amide bonds. The number of carbonyl (C=O) groups is 1. The summed E-state index contributed by atoms with van der Waals surface area (Å²) in [5, 5.41) is 3.67. The third kappa shape index (κ3) is 6.23. The van der Waals surface area contributed by atoms with E-state index in [0.717, 1.165) is 42.8 Å². The molecule has 2 N–H and O–H groups in total. The number of nitrogens with one attached hydrogen (secondary N) is 2. The van der Waals surface area contributed by atoms with Crippen molar-refractivity contribution in [2.45, 2.75) is 33.2 Å². The molecule has 4 rings (SSSR count). The van der Waals surface area contributed by atoms with Gasteiger partial charge < -0.3 is 15.0 Å². The predicted octanol–water partition coefficient (Wildman–Crippen LogP) is 6.25. The molecule has 0 saturated heterocycles. The third-order valence-electron chi connectivity index (χ3n) is 5.89. The fraction of sp³-hybridized carbons (Fsp3) is 0.259. The Balaban J connectivity index is 1.38. The van der Waals surface area contributed by atoms with Crippen molar-refractivity contribution in [3.8, 4) is 5.75 Å². The van der Waals surface area contributed by atoms with E-state index in [9.17, 15) is 18.0 Å². The Morgan fingerprint density at radius 2 is 1.78 bits per heavy atom. The number of carbonyl (C=O) groups excluding carboxylic acids is 1. The summed E-state index contributed by atoms with van der Waals surface area (Å²) in [4.78, 5) is 22.0. The molecule has 4 aromatic rings. The second kappa shape index (κ2) is 10.8. The summed E-state index contributed by atoms with van der Waals surface area (Å²) in [5.41, 5.74) is 2.62. The minimum absolute atomic E-state index is 0.0195. The van der Waals surface area contributed by atoms with Crippen LogP contribution in [0.15, 0.2) is 66.9 Å². The van der Waals surface area contributed by atoms with Crippen LogP contribution in [0.1, 0.15) is 41.2 Å². The summed E-state index contributed by atoms with van der Waals surface area (Å²) in [5.74, 6) is 0.248. The topological polar surface area (TPSA) is 70.2 Å². The number of benzene rings is 2. The highest BCUT2D eigenvalue weighted by Crippen LogP contribution is 2.28. The normalized spacial score (nSPS) is 11.7. The summed E-state index contributed by atoms with van der Waals surface area (Å²) in [6, 6.07) is 17.0. The number of aromatic amines is 1. The number of H-pyrrole nitrogens is 1. The van der Waals surface area contributed by atoms with Gasteiger partial charge in [0.1, 0.15) is 18.1 Å². The van der Waals surface area contributed by atoms with Gasteiger partial charge in [0.05, 0.1) is 11.3 Å². The molecule has 0 fully saturated rings. The van der Waals surface area contributed by atoms with Gasteiger partial charge in [-0.2, -0.15) is 13.2 Å². The van der Waals surface area contributed by atoms with Crippen molar-refractivity contribution >= 4 is 22.5 Å². The minimum Gasteiger partial charge on any atom is -0.487 e. The van der Waals surface area contributed by atoms with Gasteiger partial charge in [0, 0.05) is 29.3 Å². The molecule has 6 nitrogen and oxygen atoms in total. The quantitative estimate of drug-likeness (QED) is 0.287. The van der Waals surface area contributed by atoms with Gasteiger partial charge in [0.15, 0.2) is 0 Å². The van der Waals surface area contributed by atoms with E-state index < -0.39 is 11.7 Å². The lowest BCUT2D eigenvalue weighted by molar-refractivity contribution is -0.137. The van der Waals surface area contributed by atoms with Crippen LogP contribution in [0.5, 0.6) is 5.75 Å².